The first kappa shape index (κ1) is 19.2. The number of Topliss-reactive ketones (excluding diaryl/α,β-unsaturated/α-hetero) is 5. The van der Waals surface area contributed by atoms with Gasteiger partial charge in [0.05, 0.1) is 6.61 Å². The summed E-state index contributed by atoms with van der Waals surface area (Å²) in [4.78, 5) is 59.1. The molecule has 0 rings (SSSR count). The first-order valence-corrected chi connectivity index (χ1v) is 6.02. The molecule has 3 N–H and O–H groups in total. The molecule has 0 unspecified atom stereocenters. The van der Waals surface area contributed by atoms with Gasteiger partial charge in [0.15, 0.2) is 34.1 Å². The van der Waals surface area contributed by atoms with Gasteiger partial charge in [-0.2, -0.15) is 0 Å². The fourth-order valence-electron chi connectivity index (χ4n) is 2.42. The number of carbonyl (C=O) groups is 5. The zero-order valence-corrected chi connectivity index (χ0v) is 12.2. The van der Waals surface area contributed by atoms with Crippen molar-refractivity contribution in [2.75, 3.05) is 6.61 Å². The molecule has 0 spiro atoms. The molecule has 8 heteroatoms. The van der Waals surface area contributed by atoms with Gasteiger partial charge in [-0.1, -0.05) is 0 Å². The van der Waals surface area contributed by atoms with Gasteiger partial charge in [0.25, 0.3) is 0 Å². The molecule has 0 aliphatic heterocycles. The van der Waals surface area contributed by atoms with E-state index in [0.29, 0.717) is 0 Å². The lowest BCUT2D eigenvalue weighted by molar-refractivity contribution is -0.192. The standard InChI is InChI=1S/C13H18O8/c1-6(15)11(20)12(7(2)16,8(3)17)13(21,9(4)18)10(19)5-14/h10,14,19,21H,5H2,1-4H3/t10-,13-/m1/s1. The van der Waals surface area contributed by atoms with Crippen molar-refractivity contribution < 1.29 is 39.3 Å². The van der Waals surface area contributed by atoms with E-state index in [1.54, 1.807) is 0 Å². The molecule has 0 aromatic rings. The fourth-order valence-corrected chi connectivity index (χ4v) is 2.42. The average molecular weight is 302 g/mol. The molecule has 0 radical (unpaired) electrons. The van der Waals surface area contributed by atoms with Gasteiger partial charge in [-0.05, 0) is 20.8 Å². The SMILES string of the molecule is CC(=O)C(=O)C(C(C)=O)(C(C)=O)[C@@](O)(C(C)=O)[C@H](O)CO. The normalized spacial score (nSPS) is 15.8. The molecule has 118 valence electrons. The van der Waals surface area contributed by atoms with Gasteiger partial charge in [-0.25, -0.2) is 0 Å². The maximum absolute atomic E-state index is 12.1. The van der Waals surface area contributed by atoms with Crippen LogP contribution in [-0.2, 0) is 24.0 Å². The largest absolute Gasteiger partial charge is 0.394 e. The zero-order valence-electron chi connectivity index (χ0n) is 12.2. The molecule has 0 amide bonds. The number of ketones is 5. The molecule has 2 atom stereocenters. The average Bonchev–Trinajstić information content (AvgIpc) is 2.36. The highest BCUT2D eigenvalue weighted by Crippen LogP contribution is 2.39. The molecule has 0 aliphatic carbocycles. The molecule has 0 bridgehead atoms. The summed E-state index contributed by atoms with van der Waals surface area (Å²) < 4.78 is 0. The molecule has 0 fully saturated rings. The van der Waals surface area contributed by atoms with Gasteiger partial charge in [0.2, 0.25) is 5.78 Å². The van der Waals surface area contributed by atoms with Crippen molar-refractivity contribution in [1.82, 2.24) is 0 Å². The molecular formula is C13H18O8. The summed E-state index contributed by atoms with van der Waals surface area (Å²) in [5.41, 5.74) is -6.32. The second-order valence-corrected chi connectivity index (χ2v) is 4.77. The van der Waals surface area contributed by atoms with E-state index in [9.17, 15) is 34.2 Å². The second kappa shape index (κ2) is 6.33. The third kappa shape index (κ3) is 2.57. The van der Waals surface area contributed by atoms with Crippen molar-refractivity contribution >= 4 is 28.9 Å². The fraction of sp³-hybridized carbons (Fsp3) is 0.615. The highest BCUT2D eigenvalue weighted by molar-refractivity contribution is 6.49. The molecule has 0 saturated heterocycles. The number of hydrogen-bond donors (Lipinski definition) is 3. The smallest absolute Gasteiger partial charge is 0.222 e. The Hall–Kier alpha value is -1.77. The van der Waals surface area contributed by atoms with E-state index in [1.807, 2.05) is 0 Å². The molecule has 0 saturated carbocycles. The Kier molecular flexibility index (Phi) is 5.80. The molecule has 21 heavy (non-hydrogen) atoms. The van der Waals surface area contributed by atoms with Gasteiger partial charge in [0.1, 0.15) is 6.10 Å². The number of rotatable bonds is 8. The van der Waals surface area contributed by atoms with Crippen LogP contribution >= 0.6 is 0 Å². The van der Waals surface area contributed by atoms with Crippen molar-refractivity contribution in [2.24, 2.45) is 5.41 Å². The number of carbonyl (C=O) groups excluding carboxylic acids is 5. The Bertz CT molecular complexity index is 492. The van der Waals surface area contributed by atoms with E-state index < -0.39 is 52.6 Å². The van der Waals surface area contributed by atoms with E-state index in [1.165, 1.54) is 0 Å². The Morgan fingerprint density at radius 1 is 0.905 bits per heavy atom. The van der Waals surface area contributed by atoms with Crippen LogP contribution in [0.2, 0.25) is 0 Å². The van der Waals surface area contributed by atoms with Gasteiger partial charge >= 0.3 is 0 Å². The number of aliphatic hydroxyl groups excluding tert-OH is 2. The minimum absolute atomic E-state index is 0.729. The maximum atomic E-state index is 12.1. The third-order valence-corrected chi connectivity index (χ3v) is 3.48. The van der Waals surface area contributed by atoms with Gasteiger partial charge < -0.3 is 15.3 Å². The third-order valence-electron chi connectivity index (χ3n) is 3.48. The zero-order chi connectivity index (χ0) is 17.2. The van der Waals surface area contributed by atoms with Crippen LogP contribution in [0, 0.1) is 5.41 Å². The summed E-state index contributed by atoms with van der Waals surface area (Å²) in [5, 5.41) is 29.2. The van der Waals surface area contributed by atoms with Crippen LogP contribution in [0.3, 0.4) is 0 Å². The first-order chi connectivity index (χ1) is 9.42. The predicted octanol–water partition coefficient (Wildman–Crippen LogP) is -2.02. The van der Waals surface area contributed by atoms with Crippen molar-refractivity contribution in [3.63, 3.8) is 0 Å². The van der Waals surface area contributed by atoms with E-state index in [0.717, 1.165) is 27.7 Å². The van der Waals surface area contributed by atoms with E-state index in [4.69, 9.17) is 5.11 Å². The van der Waals surface area contributed by atoms with Crippen LogP contribution < -0.4 is 0 Å². The topological polar surface area (TPSA) is 146 Å². The van der Waals surface area contributed by atoms with Crippen molar-refractivity contribution in [3.8, 4) is 0 Å². The van der Waals surface area contributed by atoms with Crippen molar-refractivity contribution in [2.45, 2.75) is 39.4 Å². The molecule has 0 heterocycles. The highest BCUT2D eigenvalue weighted by Gasteiger charge is 2.68. The van der Waals surface area contributed by atoms with Gasteiger partial charge in [-0.3, -0.25) is 24.0 Å². The number of aliphatic hydroxyl groups is 3. The highest BCUT2D eigenvalue weighted by atomic mass is 16.4. The summed E-state index contributed by atoms with van der Waals surface area (Å²) >= 11 is 0. The summed E-state index contributed by atoms with van der Waals surface area (Å²) in [6, 6.07) is 0. The molecule has 0 aromatic heterocycles. The maximum Gasteiger partial charge on any atom is 0.222 e. The van der Waals surface area contributed by atoms with Crippen LogP contribution in [0.5, 0.6) is 0 Å². The minimum Gasteiger partial charge on any atom is -0.394 e. The second-order valence-electron chi connectivity index (χ2n) is 4.77. The molecule has 0 aromatic carbocycles. The Morgan fingerprint density at radius 2 is 1.29 bits per heavy atom. The van der Waals surface area contributed by atoms with E-state index in [2.05, 4.69) is 0 Å². The monoisotopic (exact) mass is 302 g/mol. The predicted molar refractivity (Wildman–Crippen MR) is 68.2 cm³/mol. The Morgan fingerprint density at radius 3 is 1.48 bits per heavy atom. The molecule has 0 aliphatic rings. The lowest BCUT2D eigenvalue weighted by Gasteiger charge is -2.42. The van der Waals surface area contributed by atoms with Crippen LogP contribution in [0.25, 0.3) is 0 Å². The van der Waals surface area contributed by atoms with Crippen LogP contribution in [0.15, 0.2) is 0 Å². The summed E-state index contributed by atoms with van der Waals surface area (Å²) in [7, 11) is 0. The first-order valence-electron chi connectivity index (χ1n) is 6.02. The lowest BCUT2D eigenvalue weighted by Crippen LogP contribution is -2.71. The van der Waals surface area contributed by atoms with Crippen LogP contribution in [0.4, 0.5) is 0 Å². The quantitative estimate of drug-likeness (QED) is 0.344. The van der Waals surface area contributed by atoms with E-state index in [-0.39, 0.29) is 0 Å². The molecular weight excluding hydrogens is 284 g/mol. The Balaban J connectivity index is 6.82. The van der Waals surface area contributed by atoms with Crippen molar-refractivity contribution in [1.29, 1.82) is 0 Å². The minimum atomic E-state index is -3.23. The summed E-state index contributed by atoms with van der Waals surface area (Å²) in [6.45, 7) is 1.76. The van der Waals surface area contributed by atoms with Crippen molar-refractivity contribution in [3.05, 3.63) is 0 Å². The van der Waals surface area contributed by atoms with Crippen LogP contribution in [-0.4, -0.2) is 62.5 Å². The summed E-state index contributed by atoms with van der Waals surface area (Å²) in [6.07, 6.45) is -2.30. The van der Waals surface area contributed by atoms with Gasteiger partial charge in [-0.15, -0.1) is 0 Å². The van der Waals surface area contributed by atoms with E-state index >= 15 is 0 Å². The summed E-state index contributed by atoms with van der Waals surface area (Å²) in [5.74, 6) is -6.72. The van der Waals surface area contributed by atoms with Crippen LogP contribution in [0.1, 0.15) is 27.7 Å². The number of hydrogen-bond acceptors (Lipinski definition) is 8. The lowest BCUT2D eigenvalue weighted by atomic mass is 9.59. The molecule has 8 nitrogen and oxygen atoms in total. The van der Waals surface area contributed by atoms with Gasteiger partial charge in [0, 0.05) is 6.92 Å². The Labute approximate surface area is 120 Å².